The van der Waals surface area contributed by atoms with Crippen molar-refractivity contribution in [2.75, 3.05) is 6.61 Å². The summed E-state index contributed by atoms with van der Waals surface area (Å²) in [6.07, 6.45) is 3.45. The van der Waals surface area contributed by atoms with Crippen LogP contribution < -0.4 is 0 Å². The number of carbonyl (C=O) groups is 1. The number of fused-ring (bicyclic) bond motifs is 1. The molecule has 66 valence electrons. The zero-order chi connectivity index (χ0) is 9.26. The molecule has 0 bridgehead atoms. The summed E-state index contributed by atoms with van der Waals surface area (Å²) in [5.74, 6) is -0.395. The van der Waals surface area contributed by atoms with E-state index in [0.29, 0.717) is 12.3 Å². The average Bonchev–Trinajstić information content (AvgIpc) is 2.62. The Morgan fingerprint density at radius 3 is 3.31 bits per heavy atom. The summed E-state index contributed by atoms with van der Waals surface area (Å²) in [6, 6.07) is 0. The molecule has 0 aliphatic heterocycles. The van der Waals surface area contributed by atoms with Crippen molar-refractivity contribution >= 4 is 18.1 Å². The number of nitrogens with one attached hydrogen (secondary N) is 1. The number of ether oxygens (including phenoxy) is 1. The fourth-order valence-corrected chi connectivity index (χ4v) is 1.18. The second-order valence-corrected chi connectivity index (χ2v) is 2.58. The van der Waals surface area contributed by atoms with Crippen molar-refractivity contribution in [2.24, 2.45) is 0 Å². The van der Waals surface area contributed by atoms with Crippen LogP contribution >= 0.6 is 0 Å². The first-order valence-corrected chi connectivity index (χ1v) is 4.01. The summed E-state index contributed by atoms with van der Waals surface area (Å²) in [7, 11) is 0. The second kappa shape index (κ2) is 2.92. The van der Waals surface area contributed by atoms with E-state index in [2.05, 4.69) is 15.9 Å². The van der Waals surface area contributed by atoms with Gasteiger partial charge in [-0.3, -0.25) is 5.10 Å². The zero-order valence-corrected chi connectivity index (χ0v) is 7.13. The van der Waals surface area contributed by atoms with Crippen LogP contribution in [0.1, 0.15) is 28.7 Å². The molecule has 0 saturated heterocycles. The molecular formula is C9H8N2O2. The second-order valence-electron chi connectivity index (χ2n) is 2.58. The Bertz CT molecular complexity index is 411. The molecule has 0 unspecified atom stereocenters. The van der Waals surface area contributed by atoms with Gasteiger partial charge in [-0.25, -0.2) is 4.79 Å². The molecule has 2 rings (SSSR count). The van der Waals surface area contributed by atoms with Crippen LogP contribution in [0.25, 0.3) is 12.2 Å². The van der Waals surface area contributed by atoms with Crippen molar-refractivity contribution in [1.82, 2.24) is 10.2 Å². The van der Waals surface area contributed by atoms with Crippen molar-refractivity contribution in [1.29, 1.82) is 0 Å². The van der Waals surface area contributed by atoms with Crippen LogP contribution in [-0.4, -0.2) is 22.8 Å². The number of aromatic amines is 1. The first kappa shape index (κ1) is 7.83. The van der Waals surface area contributed by atoms with E-state index in [1.165, 1.54) is 0 Å². The standard InChI is InChI=1S/C9H8N2O2/c1-2-13-9(12)8-6-4-3-5-7(6)10-11-8/h4-5H,2H2,1H3,(H,10,11). The maximum atomic E-state index is 11.3. The summed E-state index contributed by atoms with van der Waals surface area (Å²) in [6.45, 7) is 2.12. The van der Waals surface area contributed by atoms with Crippen LogP contribution in [0.3, 0.4) is 0 Å². The van der Waals surface area contributed by atoms with Gasteiger partial charge in [0.2, 0.25) is 0 Å². The van der Waals surface area contributed by atoms with Gasteiger partial charge in [0.15, 0.2) is 5.69 Å². The predicted molar refractivity (Wildman–Crippen MR) is 47.0 cm³/mol. The van der Waals surface area contributed by atoms with E-state index in [0.717, 1.165) is 11.3 Å². The number of aromatic nitrogens is 2. The third-order valence-corrected chi connectivity index (χ3v) is 1.76. The third-order valence-electron chi connectivity index (χ3n) is 1.76. The number of H-pyrrole nitrogens is 1. The van der Waals surface area contributed by atoms with Crippen LogP contribution in [0.2, 0.25) is 0 Å². The topological polar surface area (TPSA) is 55.0 Å². The van der Waals surface area contributed by atoms with Gasteiger partial charge in [0.1, 0.15) is 0 Å². The molecule has 1 aliphatic carbocycles. The van der Waals surface area contributed by atoms with Crippen LogP contribution in [-0.2, 0) is 4.74 Å². The molecule has 0 saturated carbocycles. The van der Waals surface area contributed by atoms with Gasteiger partial charge in [0.25, 0.3) is 0 Å². The number of esters is 1. The minimum atomic E-state index is -0.395. The Morgan fingerprint density at radius 2 is 2.54 bits per heavy atom. The van der Waals surface area contributed by atoms with Gasteiger partial charge >= 0.3 is 5.97 Å². The zero-order valence-electron chi connectivity index (χ0n) is 7.13. The van der Waals surface area contributed by atoms with Crippen molar-refractivity contribution in [3.8, 4) is 0 Å². The molecule has 0 fully saturated rings. The number of hydrogen-bond acceptors (Lipinski definition) is 3. The first-order valence-electron chi connectivity index (χ1n) is 4.01. The average molecular weight is 176 g/mol. The van der Waals surface area contributed by atoms with Gasteiger partial charge in [-0.05, 0) is 13.0 Å². The van der Waals surface area contributed by atoms with Crippen molar-refractivity contribution in [2.45, 2.75) is 6.92 Å². The third kappa shape index (κ3) is 1.17. The smallest absolute Gasteiger partial charge is 0.359 e. The molecule has 0 atom stereocenters. The molecule has 13 heavy (non-hydrogen) atoms. The van der Waals surface area contributed by atoms with Gasteiger partial charge < -0.3 is 4.74 Å². The molecule has 0 radical (unpaired) electrons. The quantitative estimate of drug-likeness (QED) is 0.553. The van der Waals surface area contributed by atoms with Gasteiger partial charge in [-0.15, -0.1) is 5.73 Å². The highest BCUT2D eigenvalue weighted by Crippen LogP contribution is 2.19. The largest absolute Gasteiger partial charge is 0.461 e. The fraction of sp³-hybridized carbons (Fsp3) is 0.222. The van der Waals surface area contributed by atoms with Crippen molar-refractivity contribution in [3.05, 3.63) is 22.7 Å². The molecule has 0 aromatic carbocycles. The molecule has 1 aromatic rings. The molecular weight excluding hydrogens is 168 g/mol. The molecule has 0 spiro atoms. The van der Waals surface area contributed by atoms with E-state index < -0.39 is 5.97 Å². The maximum absolute atomic E-state index is 11.3. The van der Waals surface area contributed by atoms with Gasteiger partial charge in [-0.1, -0.05) is 0 Å². The van der Waals surface area contributed by atoms with Crippen molar-refractivity contribution in [3.63, 3.8) is 0 Å². The number of rotatable bonds is 2. The van der Waals surface area contributed by atoms with Crippen LogP contribution in [0.4, 0.5) is 0 Å². The fourth-order valence-electron chi connectivity index (χ4n) is 1.18. The number of hydrogen-bond donors (Lipinski definition) is 1. The molecule has 1 aliphatic rings. The summed E-state index contributed by atoms with van der Waals surface area (Å²) >= 11 is 0. The van der Waals surface area contributed by atoms with E-state index in [9.17, 15) is 4.79 Å². The van der Waals surface area contributed by atoms with Gasteiger partial charge in [0, 0.05) is 11.6 Å². The number of carbonyl (C=O) groups excluding carboxylic acids is 1. The van der Waals surface area contributed by atoms with Crippen LogP contribution in [0.15, 0.2) is 5.73 Å². The van der Waals surface area contributed by atoms with E-state index in [-0.39, 0.29) is 0 Å². The van der Waals surface area contributed by atoms with Gasteiger partial charge in [-0.2, -0.15) is 5.10 Å². The lowest BCUT2D eigenvalue weighted by Crippen LogP contribution is -2.06. The Morgan fingerprint density at radius 1 is 1.69 bits per heavy atom. The lowest BCUT2D eigenvalue weighted by atomic mass is 10.2. The van der Waals surface area contributed by atoms with Crippen LogP contribution in [0.5, 0.6) is 0 Å². The first-order chi connectivity index (χ1) is 6.33. The predicted octanol–water partition coefficient (Wildman–Crippen LogP) is 1.23. The monoisotopic (exact) mass is 176 g/mol. The summed E-state index contributed by atoms with van der Waals surface area (Å²) in [5.41, 5.74) is 4.78. The molecule has 1 heterocycles. The highest BCUT2D eigenvalue weighted by molar-refractivity contribution is 5.94. The Kier molecular flexibility index (Phi) is 1.76. The molecule has 1 N–H and O–H groups in total. The Hall–Kier alpha value is -1.80. The molecule has 4 heteroatoms. The van der Waals surface area contributed by atoms with E-state index >= 15 is 0 Å². The van der Waals surface area contributed by atoms with Gasteiger partial charge in [0.05, 0.1) is 12.3 Å². The lowest BCUT2D eigenvalue weighted by Gasteiger charge is -1.97. The summed E-state index contributed by atoms with van der Waals surface area (Å²) in [4.78, 5) is 11.3. The maximum Gasteiger partial charge on any atom is 0.359 e. The highest BCUT2D eigenvalue weighted by Gasteiger charge is 2.18. The summed E-state index contributed by atoms with van der Waals surface area (Å²) in [5, 5.41) is 6.58. The minimum absolute atomic E-state index is 0.332. The van der Waals surface area contributed by atoms with E-state index in [1.807, 2.05) is 0 Å². The van der Waals surface area contributed by atoms with E-state index in [1.54, 1.807) is 19.1 Å². The Balaban J connectivity index is 2.33. The summed E-state index contributed by atoms with van der Waals surface area (Å²) < 4.78 is 4.83. The minimum Gasteiger partial charge on any atom is -0.461 e. The molecule has 4 nitrogen and oxygen atoms in total. The SMILES string of the molecule is CCOC(=O)c1n[nH]c2c1C=C=C2. The highest BCUT2D eigenvalue weighted by atomic mass is 16.5. The van der Waals surface area contributed by atoms with E-state index in [4.69, 9.17) is 4.74 Å². The van der Waals surface area contributed by atoms with Crippen molar-refractivity contribution < 1.29 is 9.53 Å². The Labute approximate surface area is 74.9 Å². The number of nitrogens with zero attached hydrogens (tertiary/aromatic N) is 1. The normalized spacial score (nSPS) is 11.8. The lowest BCUT2D eigenvalue weighted by molar-refractivity contribution is 0.0519. The molecule has 0 amide bonds. The van der Waals surface area contributed by atoms with Crippen LogP contribution in [0, 0.1) is 0 Å². The molecule has 1 aromatic heterocycles.